The zero-order chi connectivity index (χ0) is 43.4. The number of amides is 3. The SMILES string of the molecule is COC(=O)C[C@H](C(=O)N1CCC[C@H]1C1=Nc2ccc(-c3ccc(-c4ccc5nc([C@@H]6CCCN6C(=O)[C@@H](NC(=O)OC)C(C)C)[nH]c5c4)c4c3C3(CCC3)CC4)cc2C1)C(C)C. The lowest BCUT2D eigenvalue weighted by Gasteiger charge is -2.41. The third-order valence-corrected chi connectivity index (χ3v) is 14.7. The minimum absolute atomic E-state index is 0.0240. The summed E-state index contributed by atoms with van der Waals surface area (Å²) < 4.78 is 9.77. The highest BCUT2D eigenvalue weighted by Gasteiger charge is 2.46. The van der Waals surface area contributed by atoms with E-state index < -0.39 is 18.1 Å². The van der Waals surface area contributed by atoms with Crippen molar-refractivity contribution in [2.45, 2.75) is 122 Å². The van der Waals surface area contributed by atoms with Gasteiger partial charge in [0.2, 0.25) is 11.8 Å². The van der Waals surface area contributed by atoms with Crippen LogP contribution in [0.15, 0.2) is 53.5 Å². The van der Waals surface area contributed by atoms with Crippen molar-refractivity contribution in [1.29, 1.82) is 0 Å². The lowest BCUT2D eigenvalue weighted by atomic mass is 9.63. The van der Waals surface area contributed by atoms with Gasteiger partial charge in [-0.05, 0) is 132 Å². The summed E-state index contributed by atoms with van der Waals surface area (Å²) in [5.74, 6) is -0.162. The molecule has 4 aromatic rings. The summed E-state index contributed by atoms with van der Waals surface area (Å²) in [7, 11) is 2.69. The van der Waals surface area contributed by atoms with Crippen LogP contribution in [0.25, 0.3) is 33.3 Å². The van der Waals surface area contributed by atoms with E-state index in [-0.39, 0.29) is 53.5 Å². The molecule has 1 spiro atoms. The summed E-state index contributed by atoms with van der Waals surface area (Å²) in [6.45, 7) is 9.14. The molecule has 2 saturated heterocycles. The van der Waals surface area contributed by atoms with Crippen molar-refractivity contribution in [2.24, 2.45) is 22.7 Å². The first kappa shape index (κ1) is 41.8. The highest BCUT2D eigenvalue weighted by molar-refractivity contribution is 6.01. The Kier molecular flexibility index (Phi) is 11.2. The zero-order valence-electron chi connectivity index (χ0n) is 37.0. The molecule has 3 fully saturated rings. The van der Waals surface area contributed by atoms with Crippen LogP contribution in [-0.2, 0) is 42.1 Å². The zero-order valence-corrected chi connectivity index (χ0v) is 37.0. The second-order valence-electron chi connectivity index (χ2n) is 19.0. The molecule has 1 saturated carbocycles. The molecule has 5 aliphatic rings. The monoisotopic (exact) mass is 840 g/mol. The van der Waals surface area contributed by atoms with E-state index in [1.165, 1.54) is 66.9 Å². The fraction of sp³-hybridized carbons (Fsp3) is 0.520. The lowest BCUT2D eigenvalue weighted by molar-refractivity contribution is -0.148. The molecule has 12 heteroatoms. The van der Waals surface area contributed by atoms with Crippen molar-refractivity contribution in [1.82, 2.24) is 25.1 Å². The lowest BCUT2D eigenvalue weighted by Crippen LogP contribution is -2.51. The fourth-order valence-electron chi connectivity index (χ4n) is 11.2. The van der Waals surface area contributed by atoms with E-state index in [1.54, 1.807) is 0 Å². The first-order chi connectivity index (χ1) is 29.9. The largest absolute Gasteiger partial charge is 0.469 e. The van der Waals surface area contributed by atoms with Gasteiger partial charge in [-0.3, -0.25) is 19.4 Å². The van der Waals surface area contributed by atoms with Gasteiger partial charge in [-0.2, -0.15) is 0 Å². The number of esters is 1. The van der Waals surface area contributed by atoms with Crippen LogP contribution in [0.3, 0.4) is 0 Å². The number of H-pyrrole nitrogens is 1. The number of likely N-dealkylation sites (tertiary alicyclic amines) is 2. The van der Waals surface area contributed by atoms with Gasteiger partial charge in [0.15, 0.2) is 0 Å². The molecule has 12 nitrogen and oxygen atoms in total. The van der Waals surface area contributed by atoms with Crippen LogP contribution in [0.1, 0.15) is 114 Å². The van der Waals surface area contributed by atoms with Crippen LogP contribution in [0.2, 0.25) is 0 Å². The second kappa shape index (κ2) is 16.6. The molecule has 326 valence electrons. The maximum absolute atomic E-state index is 13.9. The highest BCUT2D eigenvalue weighted by atomic mass is 16.5. The standard InChI is InChI=1S/C50H60N6O6/c1-28(2)36(27-43(57)61-5)47(58)55-22-7-10-41(55)40-26-32-24-30(12-16-37(32)51-40)34-15-14-33(35-18-21-50(44(34)35)19-9-20-50)31-13-17-38-39(25-31)53-46(52-38)42-11-8-23-56(42)48(59)45(29(3)4)54-49(60)62-6/h12-17,24-25,28-29,36,41-42,45H,7-11,18-23,26-27H2,1-6H3,(H,52,53)(H,54,60)/t36-,41-,42-,45-/m0/s1. The number of methoxy groups -OCH3 is 2. The van der Waals surface area contributed by atoms with Gasteiger partial charge < -0.3 is 29.6 Å². The third kappa shape index (κ3) is 7.36. The Labute approximate surface area is 364 Å². The third-order valence-electron chi connectivity index (χ3n) is 14.7. The number of imidazole rings is 1. The Morgan fingerprint density at radius 1 is 0.823 bits per heavy atom. The molecule has 3 aromatic carbocycles. The number of fused-ring (bicyclic) bond motifs is 4. The van der Waals surface area contributed by atoms with E-state index >= 15 is 0 Å². The molecule has 62 heavy (non-hydrogen) atoms. The van der Waals surface area contributed by atoms with Crippen LogP contribution in [0, 0.1) is 17.8 Å². The van der Waals surface area contributed by atoms with Crippen LogP contribution in [0.5, 0.6) is 0 Å². The molecule has 0 bridgehead atoms. The van der Waals surface area contributed by atoms with Gasteiger partial charge in [-0.25, -0.2) is 9.78 Å². The Bertz CT molecular complexity index is 2460. The van der Waals surface area contributed by atoms with Crippen molar-refractivity contribution in [3.63, 3.8) is 0 Å². The van der Waals surface area contributed by atoms with Crippen LogP contribution >= 0.6 is 0 Å². The van der Waals surface area contributed by atoms with Crippen LogP contribution in [0.4, 0.5) is 10.5 Å². The summed E-state index contributed by atoms with van der Waals surface area (Å²) in [6, 6.07) is 16.9. The highest BCUT2D eigenvalue weighted by Crippen LogP contribution is 2.57. The van der Waals surface area contributed by atoms with E-state index in [2.05, 4.69) is 58.8 Å². The number of alkyl carbamates (subject to hydrolysis) is 1. The first-order valence-electron chi connectivity index (χ1n) is 22.8. The smallest absolute Gasteiger partial charge is 0.407 e. The molecule has 4 heterocycles. The van der Waals surface area contributed by atoms with Crippen molar-refractivity contribution < 1.29 is 28.7 Å². The van der Waals surface area contributed by atoms with Gasteiger partial charge in [0.1, 0.15) is 11.9 Å². The normalized spacial score (nSPS) is 20.9. The van der Waals surface area contributed by atoms with Gasteiger partial charge in [-0.1, -0.05) is 58.4 Å². The number of carbonyl (C=O) groups excluding carboxylic acids is 4. The number of hydrogen-bond donors (Lipinski definition) is 2. The number of aromatic nitrogens is 2. The number of ether oxygens (including phenoxy) is 2. The topological polar surface area (TPSA) is 146 Å². The number of aliphatic imine (C=N–C) groups is 1. The molecule has 0 radical (unpaired) electrons. The van der Waals surface area contributed by atoms with Gasteiger partial charge in [-0.15, -0.1) is 0 Å². The molecule has 1 aromatic heterocycles. The fourth-order valence-corrected chi connectivity index (χ4v) is 11.2. The number of benzene rings is 3. The molecule has 2 aliphatic carbocycles. The van der Waals surface area contributed by atoms with E-state index in [0.717, 1.165) is 72.3 Å². The molecular formula is C50H60N6O6. The van der Waals surface area contributed by atoms with E-state index in [1.807, 2.05) is 37.5 Å². The molecule has 2 N–H and O–H groups in total. The maximum atomic E-state index is 13.9. The van der Waals surface area contributed by atoms with Crippen molar-refractivity contribution >= 4 is 46.3 Å². The predicted octanol–water partition coefficient (Wildman–Crippen LogP) is 8.76. The number of carbonyl (C=O) groups is 4. The minimum atomic E-state index is -0.685. The Hall–Kier alpha value is -5.52. The predicted molar refractivity (Wildman–Crippen MR) is 239 cm³/mol. The number of hydrogen-bond acceptors (Lipinski definition) is 8. The van der Waals surface area contributed by atoms with Crippen LogP contribution in [-0.4, -0.2) is 88.7 Å². The Balaban J connectivity index is 0.977. The second-order valence-corrected chi connectivity index (χ2v) is 19.0. The van der Waals surface area contributed by atoms with Gasteiger partial charge in [0.25, 0.3) is 0 Å². The summed E-state index contributed by atoms with van der Waals surface area (Å²) in [4.78, 5) is 69.7. The number of nitrogens with zero attached hydrogens (tertiary/aromatic N) is 4. The molecule has 0 unspecified atom stereocenters. The van der Waals surface area contributed by atoms with Crippen LogP contribution < -0.4 is 5.32 Å². The summed E-state index contributed by atoms with van der Waals surface area (Å²) in [6.07, 6.45) is 9.52. The maximum Gasteiger partial charge on any atom is 0.407 e. The van der Waals surface area contributed by atoms with E-state index in [9.17, 15) is 19.2 Å². The van der Waals surface area contributed by atoms with Gasteiger partial charge in [0, 0.05) is 25.2 Å². The average Bonchev–Trinajstić information content (AvgIpc) is 4.11. The summed E-state index contributed by atoms with van der Waals surface area (Å²) in [5, 5.41) is 2.74. The molecule has 3 amide bonds. The number of nitrogens with one attached hydrogen (secondary N) is 2. The number of rotatable bonds is 11. The quantitative estimate of drug-likeness (QED) is 0.144. The van der Waals surface area contributed by atoms with E-state index in [4.69, 9.17) is 19.5 Å². The summed E-state index contributed by atoms with van der Waals surface area (Å²) >= 11 is 0. The molecule has 4 atom stereocenters. The van der Waals surface area contributed by atoms with Crippen molar-refractivity contribution in [2.75, 3.05) is 27.3 Å². The van der Waals surface area contributed by atoms with Gasteiger partial charge >= 0.3 is 12.1 Å². The first-order valence-corrected chi connectivity index (χ1v) is 22.8. The van der Waals surface area contributed by atoms with E-state index in [0.29, 0.717) is 19.5 Å². The minimum Gasteiger partial charge on any atom is -0.469 e. The summed E-state index contributed by atoms with van der Waals surface area (Å²) in [5.41, 5.74) is 13.1. The molecule has 9 rings (SSSR count). The van der Waals surface area contributed by atoms with Gasteiger partial charge in [0.05, 0.1) is 55.4 Å². The molecular weight excluding hydrogens is 781 g/mol. The Morgan fingerprint density at radius 3 is 2.23 bits per heavy atom. The Morgan fingerprint density at radius 2 is 1.53 bits per heavy atom. The molecule has 3 aliphatic heterocycles. The average molecular weight is 841 g/mol. The van der Waals surface area contributed by atoms with Crippen molar-refractivity contribution in [3.8, 4) is 22.3 Å². The van der Waals surface area contributed by atoms with Crippen molar-refractivity contribution in [3.05, 3.63) is 71.0 Å². The number of aromatic amines is 1.